The van der Waals surface area contributed by atoms with Gasteiger partial charge in [-0.15, -0.1) is 0 Å². The third-order valence-electron chi connectivity index (χ3n) is 1.35. The van der Waals surface area contributed by atoms with Crippen LogP contribution in [0.25, 0.3) is 0 Å². The van der Waals surface area contributed by atoms with Gasteiger partial charge in [-0.2, -0.15) is 4.39 Å². The van der Waals surface area contributed by atoms with Gasteiger partial charge in [0.2, 0.25) is 5.82 Å². The molecule has 0 saturated carbocycles. The fourth-order valence-electron chi connectivity index (χ4n) is 0.763. The summed E-state index contributed by atoms with van der Waals surface area (Å²) in [4.78, 5) is 9.36. The summed E-state index contributed by atoms with van der Waals surface area (Å²) in [5, 5.41) is 10.1. The average molecular weight is 188 g/mol. The van der Waals surface area contributed by atoms with E-state index in [9.17, 15) is 14.5 Å². The van der Waals surface area contributed by atoms with Gasteiger partial charge in [-0.1, -0.05) is 0 Å². The van der Waals surface area contributed by atoms with E-state index in [1.54, 1.807) is 0 Å². The van der Waals surface area contributed by atoms with Crippen LogP contribution in [0.2, 0.25) is 0 Å². The van der Waals surface area contributed by atoms with E-state index in [1.807, 2.05) is 0 Å². The van der Waals surface area contributed by atoms with Gasteiger partial charge < -0.3 is 10.9 Å². The Labute approximate surface area is 73.9 Å². The van der Waals surface area contributed by atoms with Gasteiger partial charge in [0.05, 0.1) is 12.0 Å². The van der Waals surface area contributed by atoms with Gasteiger partial charge in [0.15, 0.2) is 0 Å². The summed E-state index contributed by atoms with van der Waals surface area (Å²) in [6, 6.07) is 3.37. The molecule has 0 fully saturated rings. The molecule has 1 aromatic carbocycles. The van der Waals surface area contributed by atoms with Crippen LogP contribution < -0.4 is 10.9 Å². The summed E-state index contributed by atoms with van der Waals surface area (Å²) in [6.07, 6.45) is 0. The van der Waals surface area contributed by atoms with Crippen LogP contribution in [-0.2, 0) is 0 Å². The van der Waals surface area contributed by atoms with Gasteiger partial charge in [-0.25, -0.2) is 0 Å². The van der Waals surface area contributed by atoms with Gasteiger partial charge >= 0.3 is 5.69 Å². The second-order valence-electron chi connectivity index (χ2n) is 2.07. The van der Waals surface area contributed by atoms with E-state index in [0.29, 0.717) is 0 Å². The molecular formula is C7H9FN2O3. The lowest BCUT2D eigenvalue weighted by Crippen LogP contribution is -1.92. The van der Waals surface area contributed by atoms with Gasteiger partial charge in [-0.3, -0.25) is 10.1 Å². The monoisotopic (exact) mass is 188 g/mol. The predicted molar refractivity (Wildman–Crippen MR) is 44.6 cm³/mol. The zero-order valence-corrected chi connectivity index (χ0v) is 6.99. The number of nitro benzene ring substituents is 1. The quantitative estimate of drug-likeness (QED) is 0.567. The highest BCUT2D eigenvalue weighted by atomic mass is 19.1. The highest BCUT2D eigenvalue weighted by Gasteiger charge is 2.13. The number of nitrogens with zero attached hydrogens (tertiary/aromatic N) is 1. The highest BCUT2D eigenvalue weighted by Crippen LogP contribution is 2.21. The molecule has 6 heteroatoms. The lowest BCUT2D eigenvalue weighted by atomic mass is 10.3. The van der Waals surface area contributed by atoms with Crippen LogP contribution in [0.4, 0.5) is 10.1 Å². The van der Waals surface area contributed by atoms with E-state index in [1.165, 1.54) is 13.2 Å². The molecule has 0 saturated heterocycles. The smallest absolute Gasteiger partial charge is 0.305 e. The molecule has 0 bridgehead atoms. The number of ether oxygens (including phenoxy) is 1. The van der Waals surface area contributed by atoms with Crippen LogP contribution in [0.5, 0.6) is 5.75 Å². The molecular weight excluding hydrogens is 179 g/mol. The molecule has 1 aromatic rings. The van der Waals surface area contributed by atoms with Crippen LogP contribution in [0.3, 0.4) is 0 Å². The Morgan fingerprint density at radius 3 is 2.54 bits per heavy atom. The van der Waals surface area contributed by atoms with Crippen molar-refractivity contribution in [3.63, 3.8) is 0 Å². The molecule has 0 spiro atoms. The Morgan fingerprint density at radius 1 is 1.54 bits per heavy atom. The molecule has 0 unspecified atom stereocenters. The van der Waals surface area contributed by atoms with E-state index in [4.69, 9.17) is 0 Å². The van der Waals surface area contributed by atoms with Gasteiger partial charge in [0.1, 0.15) is 5.75 Å². The van der Waals surface area contributed by atoms with Crippen molar-refractivity contribution in [2.24, 2.45) is 0 Å². The summed E-state index contributed by atoms with van der Waals surface area (Å²) in [7, 11) is 1.36. The second kappa shape index (κ2) is 4.36. The van der Waals surface area contributed by atoms with E-state index >= 15 is 0 Å². The van der Waals surface area contributed by atoms with Crippen LogP contribution in [0, 0.1) is 15.9 Å². The summed E-state index contributed by atoms with van der Waals surface area (Å²) in [5.74, 6) is -0.627. The molecule has 3 N–H and O–H groups in total. The first-order valence-corrected chi connectivity index (χ1v) is 3.13. The molecule has 5 nitrogen and oxygen atoms in total. The van der Waals surface area contributed by atoms with Crippen molar-refractivity contribution in [1.82, 2.24) is 6.15 Å². The van der Waals surface area contributed by atoms with E-state index in [-0.39, 0.29) is 11.9 Å². The van der Waals surface area contributed by atoms with E-state index in [0.717, 1.165) is 12.1 Å². The molecule has 0 aliphatic heterocycles. The standard InChI is InChI=1S/C7H6FNO3.H3N/c1-12-5-2-3-7(9(10)11)6(8)4-5;/h2-4H,1H3;1H3. The minimum Gasteiger partial charge on any atom is -0.497 e. The second-order valence-corrected chi connectivity index (χ2v) is 2.07. The first kappa shape index (κ1) is 11.3. The Bertz CT molecular complexity index is 317. The summed E-state index contributed by atoms with van der Waals surface area (Å²) in [5.41, 5.74) is -0.546. The minimum atomic E-state index is -0.889. The van der Waals surface area contributed by atoms with Crippen LogP contribution in [-0.4, -0.2) is 12.0 Å². The van der Waals surface area contributed by atoms with Crippen molar-refractivity contribution in [2.75, 3.05) is 7.11 Å². The molecule has 72 valence electrons. The predicted octanol–water partition coefficient (Wildman–Crippen LogP) is 1.90. The van der Waals surface area contributed by atoms with Crippen LogP contribution in [0.15, 0.2) is 18.2 Å². The lowest BCUT2D eigenvalue weighted by molar-refractivity contribution is -0.387. The number of hydrogen-bond acceptors (Lipinski definition) is 4. The number of benzene rings is 1. The third-order valence-corrected chi connectivity index (χ3v) is 1.35. The van der Waals surface area contributed by atoms with Gasteiger partial charge in [0, 0.05) is 12.1 Å². The van der Waals surface area contributed by atoms with E-state index < -0.39 is 16.4 Å². The average Bonchev–Trinajstić information content (AvgIpc) is 2.03. The summed E-state index contributed by atoms with van der Waals surface area (Å²) < 4.78 is 17.4. The maximum atomic E-state index is 12.8. The van der Waals surface area contributed by atoms with Crippen molar-refractivity contribution in [3.8, 4) is 5.75 Å². The molecule has 0 radical (unpaired) electrons. The van der Waals surface area contributed by atoms with Gasteiger partial charge in [-0.05, 0) is 6.07 Å². The molecule has 0 heterocycles. The fraction of sp³-hybridized carbons (Fsp3) is 0.143. The normalized spacial score (nSPS) is 8.77. The lowest BCUT2D eigenvalue weighted by Gasteiger charge is -1.98. The summed E-state index contributed by atoms with van der Waals surface area (Å²) in [6.45, 7) is 0. The Balaban J connectivity index is 0.00000144. The van der Waals surface area contributed by atoms with Gasteiger partial charge in [0.25, 0.3) is 0 Å². The first-order chi connectivity index (χ1) is 5.65. The van der Waals surface area contributed by atoms with Crippen molar-refractivity contribution in [2.45, 2.75) is 0 Å². The van der Waals surface area contributed by atoms with Crippen LogP contribution in [0.1, 0.15) is 0 Å². The zero-order valence-electron chi connectivity index (χ0n) is 6.99. The third kappa shape index (κ3) is 2.38. The van der Waals surface area contributed by atoms with Crippen LogP contribution >= 0.6 is 0 Å². The number of nitro groups is 1. The first-order valence-electron chi connectivity index (χ1n) is 3.13. The maximum Gasteiger partial charge on any atom is 0.305 e. The molecule has 0 amide bonds. The fourth-order valence-corrected chi connectivity index (χ4v) is 0.763. The summed E-state index contributed by atoms with van der Waals surface area (Å²) >= 11 is 0. The topological polar surface area (TPSA) is 87.4 Å². The largest absolute Gasteiger partial charge is 0.497 e. The number of methoxy groups -OCH3 is 1. The molecule has 0 atom stereocenters. The molecule has 1 rings (SSSR count). The van der Waals surface area contributed by atoms with Crippen molar-refractivity contribution in [1.29, 1.82) is 0 Å². The Kier molecular flexibility index (Phi) is 3.80. The minimum absolute atomic E-state index is 0. The molecule has 0 aliphatic carbocycles. The zero-order chi connectivity index (χ0) is 9.14. The molecule has 0 aliphatic rings. The van der Waals surface area contributed by atoms with Crippen molar-refractivity contribution < 1.29 is 14.1 Å². The number of rotatable bonds is 2. The molecule has 0 aromatic heterocycles. The molecule has 13 heavy (non-hydrogen) atoms. The highest BCUT2D eigenvalue weighted by molar-refractivity contribution is 5.37. The maximum absolute atomic E-state index is 12.8. The number of hydrogen-bond donors (Lipinski definition) is 1. The number of halogens is 1. The Morgan fingerprint density at radius 2 is 2.15 bits per heavy atom. The van der Waals surface area contributed by atoms with E-state index in [2.05, 4.69) is 4.74 Å². The Hall–Kier alpha value is -1.69. The van der Waals surface area contributed by atoms with Crippen molar-refractivity contribution >= 4 is 5.69 Å². The van der Waals surface area contributed by atoms with Crippen molar-refractivity contribution in [3.05, 3.63) is 34.1 Å². The SMILES string of the molecule is COc1ccc([N+](=O)[O-])c(F)c1.N.